The van der Waals surface area contributed by atoms with Crippen LogP contribution in [0.3, 0.4) is 0 Å². The van der Waals surface area contributed by atoms with E-state index in [1.165, 1.54) is 0 Å². The lowest BCUT2D eigenvalue weighted by atomic mass is 10.1. The normalized spacial score (nSPS) is 18.2. The number of aromatic nitrogens is 6. The Morgan fingerprint density at radius 2 is 1.79 bits per heavy atom. The number of rotatable bonds is 8. The third kappa shape index (κ3) is 6.22. The van der Waals surface area contributed by atoms with Crippen LogP contribution in [0, 0.1) is 0 Å². The molecular formula is C29H37N9O. The summed E-state index contributed by atoms with van der Waals surface area (Å²) in [5.74, 6) is 1.90. The first-order valence-corrected chi connectivity index (χ1v) is 13.7. The molecule has 1 N–H and O–H groups in total. The number of nitrogens with one attached hydrogen (secondary N) is 1. The zero-order valence-corrected chi connectivity index (χ0v) is 23.4. The number of anilines is 2. The second kappa shape index (κ2) is 11.4. The molecule has 0 radical (unpaired) electrons. The van der Waals surface area contributed by atoms with Crippen LogP contribution in [-0.4, -0.2) is 77.4 Å². The molecule has 0 saturated carbocycles. The molecule has 10 nitrogen and oxygen atoms in total. The first-order valence-electron chi connectivity index (χ1n) is 13.7. The Balaban J connectivity index is 1.22. The highest BCUT2D eigenvalue weighted by molar-refractivity contribution is 5.81. The molecule has 0 unspecified atom stereocenters. The minimum Gasteiger partial charge on any atom is -0.335 e. The Morgan fingerprint density at radius 3 is 2.54 bits per heavy atom. The number of hydrogen-bond acceptors (Lipinski definition) is 8. The highest BCUT2D eigenvalue weighted by Crippen LogP contribution is 2.24. The van der Waals surface area contributed by atoms with Crippen molar-refractivity contribution in [2.75, 3.05) is 25.0 Å². The molecule has 2 atom stereocenters. The molecule has 0 spiro atoms. The summed E-state index contributed by atoms with van der Waals surface area (Å²) in [5.41, 5.74) is 4.73. The fourth-order valence-corrected chi connectivity index (χ4v) is 5.45. The predicted molar refractivity (Wildman–Crippen MR) is 153 cm³/mol. The molecule has 0 aromatic carbocycles. The highest BCUT2D eigenvalue weighted by Gasteiger charge is 2.30. The monoisotopic (exact) mass is 527 g/mol. The van der Waals surface area contributed by atoms with Gasteiger partial charge in [-0.2, -0.15) is 10.2 Å². The van der Waals surface area contributed by atoms with Crippen LogP contribution in [0.1, 0.15) is 52.5 Å². The van der Waals surface area contributed by atoms with Gasteiger partial charge in [0.1, 0.15) is 5.82 Å². The standard InChI is InChI=1S/C29H37N9O/c1-19(2)23-12-29(35-31-14-23)34-28-8-7-26-27(33-28)11-24(13-30-26)25-15-32-37(18-25)10-6-9-36-16-20(3)38(22(5)39)21(4)17-36/h7-8,11-15,18-21H,6,9-10,16-17H2,1-5H3,(H,33,34,35)/t20-,21+. The maximum atomic E-state index is 11.9. The van der Waals surface area contributed by atoms with Gasteiger partial charge >= 0.3 is 0 Å². The molecule has 4 aromatic heterocycles. The molecule has 5 heterocycles. The van der Waals surface area contributed by atoms with E-state index in [1.54, 1.807) is 13.1 Å². The summed E-state index contributed by atoms with van der Waals surface area (Å²) in [6, 6.07) is 8.38. The molecule has 204 valence electrons. The fraction of sp³-hybridized carbons (Fsp3) is 0.448. The smallest absolute Gasteiger partial charge is 0.220 e. The zero-order chi connectivity index (χ0) is 27.5. The number of nitrogens with zero attached hydrogens (tertiary/aromatic N) is 8. The largest absolute Gasteiger partial charge is 0.335 e. The SMILES string of the molecule is CC(=O)N1[C@H](C)CN(CCCn2cc(-c3cnc4ccc(Nc5cc(C(C)C)cnn5)nc4c3)cn2)C[C@@H]1C. The number of carbonyl (C=O) groups excluding carboxylic acids is 1. The number of piperazine rings is 1. The molecule has 0 aliphatic carbocycles. The summed E-state index contributed by atoms with van der Waals surface area (Å²) in [4.78, 5) is 25.8. The second-order valence-corrected chi connectivity index (χ2v) is 10.8. The van der Waals surface area contributed by atoms with Crippen molar-refractivity contribution in [1.29, 1.82) is 0 Å². The Kier molecular flexibility index (Phi) is 7.83. The van der Waals surface area contributed by atoms with E-state index in [9.17, 15) is 4.79 Å². The first kappa shape index (κ1) is 26.7. The fourth-order valence-electron chi connectivity index (χ4n) is 5.45. The van der Waals surface area contributed by atoms with E-state index in [1.807, 2.05) is 46.2 Å². The van der Waals surface area contributed by atoms with E-state index in [0.29, 0.717) is 17.6 Å². The molecule has 1 aliphatic rings. The van der Waals surface area contributed by atoms with Crippen molar-refractivity contribution in [2.24, 2.45) is 0 Å². The summed E-state index contributed by atoms with van der Waals surface area (Å²) in [5, 5.41) is 16.1. The van der Waals surface area contributed by atoms with E-state index in [-0.39, 0.29) is 18.0 Å². The molecule has 5 rings (SSSR count). The van der Waals surface area contributed by atoms with Crippen molar-refractivity contribution < 1.29 is 4.79 Å². The van der Waals surface area contributed by atoms with Crippen molar-refractivity contribution in [2.45, 2.75) is 65.6 Å². The van der Waals surface area contributed by atoms with E-state index >= 15 is 0 Å². The van der Waals surface area contributed by atoms with Crippen molar-refractivity contribution >= 4 is 28.6 Å². The van der Waals surface area contributed by atoms with Gasteiger partial charge < -0.3 is 10.2 Å². The maximum absolute atomic E-state index is 11.9. The van der Waals surface area contributed by atoms with Gasteiger partial charge in [0.15, 0.2) is 5.82 Å². The highest BCUT2D eigenvalue weighted by atomic mass is 16.2. The van der Waals surface area contributed by atoms with Crippen molar-refractivity contribution in [3.8, 4) is 11.1 Å². The van der Waals surface area contributed by atoms with Gasteiger partial charge in [-0.1, -0.05) is 13.8 Å². The van der Waals surface area contributed by atoms with Crippen LogP contribution in [0.4, 0.5) is 11.6 Å². The lowest BCUT2D eigenvalue weighted by Gasteiger charge is -2.44. The molecule has 1 fully saturated rings. The molecule has 1 aliphatic heterocycles. The quantitative estimate of drug-likeness (QED) is 0.358. The average molecular weight is 528 g/mol. The lowest BCUT2D eigenvalue weighted by molar-refractivity contribution is -0.136. The Bertz CT molecular complexity index is 1440. The number of fused-ring (bicyclic) bond motifs is 1. The summed E-state index contributed by atoms with van der Waals surface area (Å²) in [6.45, 7) is 13.8. The van der Waals surface area contributed by atoms with Crippen LogP contribution in [0.15, 0.2) is 49.1 Å². The number of aryl methyl sites for hydroxylation is 1. The second-order valence-electron chi connectivity index (χ2n) is 10.8. The summed E-state index contributed by atoms with van der Waals surface area (Å²) in [7, 11) is 0. The van der Waals surface area contributed by atoms with E-state index in [4.69, 9.17) is 4.98 Å². The van der Waals surface area contributed by atoms with Gasteiger partial charge in [0.25, 0.3) is 0 Å². The number of hydrogen-bond donors (Lipinski definition) is 1. The summed E-state index contributed by atoms with van der Waals surface area (Å²) in [6.07, 6.45) is 8.60. The third-order valence-corrected chi connectivity index (χ3v) is 7.32. The van der Waals surface area contributed by atoms with Crippen LogP contribution in [-0.2, 0) is 11.3 Å². The van der Waals surface area contributed by atoms with Crippen molar-refractivity contribution in [3.63, 3.8) is 0 Å². The van der Waals surface area contributed by atoms with E-state index in [2.05, 4.69) is 64.4 Å². The number of amides is 1. The Hall–Kier alpha value is -3.92. The van der Waals surface area contributed by atoms with E-state index < -0.39 is 0 Å². The van der Waals surface area contributed by atoms with Gasteiger partial charge in [-0.3, -0.25) is 19.4 Å². The zero-order valence-electron chi connectivity index (χ0n) is 23.4. The maximum Gasteiger partial charge on any atom is 0.220 e. The van der Waals surface area contributed by atoms with Gasteiger partial charge in [0.2, 0.25) is 5.91 Å². The number of pyridine rings is 2. The van der Waals surface area contributed by atoms with Crippen LogP contribution >= 0.6 is 0 Å². The first-order chi connectivity index (χ1) is 18.8. The summed E-state index contributed by atoms with van der Waals surface area (Å²) < 4.78 is 1.99. The Labute approximate surface area is 229 Å². The molecule has 39 heavy (non-hydrogen) atoms. The molecule has 0 bridgehead atoms. The van der Waals surface area contributed by atoms with Gasteiger partial charge in [0.05, 0.1) is 23.4 Å². The van der Waals surface area contributed by atoms with Crippen LogP contribution in [0.2, 0.25) is 0 Å². The summed E-state index contributed by atoms with van der Waals surface area (Å²) >= 11 is 0. The van der Waals surface area contributed by atoms with Crippen LogP contribution in [0.25, 0.3) is 22.2 Å². The average Bonchev–Trinajstić information content (AvgIpc) is 3.37. The Morgan fingerprint density at radius 1 is 1.00 bits per heavy atom. The van der Waals surface area contributed by atoms with Crippen molar-refractivity contribution in [1.82, 2.24) is 39.7 Å². The van der Waals surface area contributed by atoms with E-state index in [0.717, 1.165) is 60.3 Å². The number of carbonyl (C=O) groups is 1. The third-order valence-electron chi connectivity index (χ3n) is 7.32. The van der Waals surface area contributed by atoms with Gasteiger partial charge in [-0.05, 0) is 56.0 Å². The minimum absolute atomic E-state index is 0.162. The predicted octanol–water partition coefficient (Wildman–Crippen LogP) is 4.48. The molecule has 10 heteroatoms. The van der Waals surface area contributed by atoms with Gasteiger partial charge in [-0.15, -0.1) is 5.10 Å². The van der Waals surface area contributed by atoms with Gasteiger partial charge in [-0.25, -0.2) is 4.98 Å². The molecule has 4 aromatic rings. The molecule has 1 saturated heterocycles. The minimum atomic E-state index is 0.162. The van der Waals surface area contributed by atoms with Crippen LogP contribution in [0.5, 0.6) is 0 Å². The molecular weight excluding hydrogens is 490 g/mol. The van der Waals surface area contributed by atoms with Gasteiger partial charge in [0, 0.05) is 68.7 Å². The lowest BCUT2D eigenvalue weighted by Crippen LogP contribution is -2.58. The molecule has 1 amide bonds. The van der Waals surface area contributed by atoms with Crippen molar-refractivity contribution in [3.05, 3.63) is 54.6 Å². The topological polar surface area (TPSA) is 105 Å². The van der Waals surface area contributed by atoms with Crippen LogP contribution < -0.4 is 5.32 Å².